The van der Waals surface area contributed by atoms with Crippen molar-refractivity contribution < 1.29 is 9.21 Å². The number of rotatable bonds is 5. The molecule has 0 saturated heterocycles. The quantitative estimate of drug-likeness (QED) is 0.643. The summed E-state index contributed by atoms with van der Waals surface area (Å²) in [6, 6.07) is 13.2. The first-order valence-electron chi connectivity index (χ1n) is 8.09. The highest BCUT2D eigenvalue weighted by Gasteiger charge is 2.11. The molecule has 0 spiro atoms. The van der Waals surface area contributed by atoms with Gasteiger partial charge in [-0.2, -0.15) is 5.26 Å². The SMILES string of the molecule is CC(C)C(=O)Nc1ccc(-c2csc(/C(C#N)=C/c3ccco3)n2)cc1. The molecule has 0 saturated carbocycles. The van der Waals surface area contributed by atoms with E-state index in [1.807, 2.05) is 43.5 Å². The van der Waals surface area contributed by atoms with E-state index < -0.39 is 0 Å². The van der Waals surface area contributed by atoms with Crippen LogP contribution in [-0.2, 0) is 4.79 Å². The van der Waals surface area contributed by atoms with Gasteiger partial charge in [0.2, 0.25) is 5.91 Å². The number of hydrogen-bond donors (Lipinski definition) is 1. The summed E-state index contributed by atoms with van der Waals surface area (Å²) in [5, 5.41) is 14.8. The van der Waals surface area contributed by atoms with Gasteiger partial charge in [0.25, 0.3) is 0 Å². The van der Waals surface area contributed by atoms with Gasteiger partial charge in [-0.15, -0.1) is 11.3 Å². The fraction of sp³-hybridized carbons (Fsp3) is 0.150. The van der Waals surface area contributed by atoms with E-state index in [0.717, 1.165) is 16.9 Å². The van der Waals surface area contributed by atoms with Crippen molar-refractivity contribution >= 4 is 34.6 Å². The van der Waals surface area contributed by atoms with E-state index in [1.165, 1.54) is 11.3 Å². The Morgan fingerprint density at radius 1 is 1.31 bits per heavy atom. The van der Waals surface area contributed by atoms with Gasteiger partial charge in [-0.1, -0.05) is 26.0 Å². The van der Waals surface area contributed by atoms with E-state index in [0.29, 0.717) is 16.3 Å². The van der Waals surface area contributed by atoms with Gasteiger partial charge >= 0.3 is 0 Å². The van der Waals surface area contributed by atoms with Crippen molar-refractivity contribution in [2.75, 3.05) is 5.32 Å². The molecule has 5 nitrogen and oxygen atoms in total. The zero-order valence-electron chi connectivity index (χ0n) is 14.4. The zero-order valence-corrected chi connectivity index (χ0v) is 15.2. The van der Waals surface area contributed by atoms with Gasteiger partial charge in [0.15, 0.2) is 0 Å². The number of carbonyl (C=O) groups is 1. The van der Waals surface area contributed by atoms with Gasteiger partial charge in [-0.25, -0.2) is 4.98 Å². The second-order valence-corrected chi connectivity index (χ2v) is 6.80. The number of nitrogens with one attached hydrogen (secondary N) is 1. The van der Waals surface area contributed by atoms with Crippen LogP contribution in [0.5, 0.6) is 0 Å². The van der Waals surface area contributed by atoms with Gasteiger partial charge < -0.3 is 9.73 Å². The van der Waals surface area contributed by atoms with Crippen LogP contribution in [-0.4, -0.2) is 10.9 Å². The Bertz CT molecular complexity index is 961. The number of carbonyl (C=O) groups excluding carboxylic acids is 1. The average molecular weight is 363 g/mol. The number of furan rings is 1. The lowest BCUT2D eigenvalue weighted by molar-refractivity contribution is -0.118. The Labute approximate surface area is 155 Å². The lowest BCUT2D eigenvalue weighted by Crippen LogP contribution is -2.17. The molecule has 0 atom stereocenters. The molecule has 26 heavy (non-hydrogen) atoms. The van der Waals surface area contributed by atoms with E-state index in [9.17, 15) is 10.1 Å². The molecule has 6 heteroatoms. The second-order valence-electron chi connectivity index (χ2n) is 5.94. The molecule has 0 bridgehead atoms. The highest BCUT2D eigenvalue weighted by molar-refractivity contribution is 7.11. The molecule has 0 aliphatic rings. The Morgan fingerprint density at radius 2 is 2.08 bits per heavy atom. The maximum atomic E-state index is 11.7. The number of nitriles is 1. The molecule has 1 amide bonds. The van der Waals surface area contributed by atoms with Crippen LogP contribution in [0.4, 0.5) is 5.69 Å². The number of benzene rings is 1. The molecule has 2 heterocycles. The van der Waals surface area contributed by atoms with Crippen molar-refractivity contribution in [3.05, 3.63) is 58.8 Å². The van der Waals surface area contributed by atoms with Crippen LogP contribution in [0.1, 0.15) is 24.6 Å². The number of allylic oxidation sites excluding steroid dienone is 1. The summed E-state index contributed by atoms with van der Waals surface area (Å²) in [5.74, 6) is 0.528. The van der Waals surface area contributed by atoms with Crippen molar-refractivity contribution in [2.24, 2.45) is 5.92 Å². The minimum atomic E-state index is -0.0684. The first-order chi connectivity index (χ1) is 12.6. The highest BCUT2D eigenvalue weighted by atomic mass is 32.1. The van der Waals surface area contributed by atoms with Crippen LogP contribution in [0.3, 0.4) is 0 Å². The monoisotopic (exact) mass is 363 g/mol. The predicted molar refractivity (Wildman–Crippen MR) is 103 cm³/mol. The maximum Gasteiger partial charge on any atom is 0.226 e. The minimum Gasteiger partial charge on any atom is -0.465 e. The second kappa shape index (κ2) is 7.81. The summed E-state index contributed by atoms with van der Waals surface area (Å²) < 4.78 is 5.26. The Hall–Kier alpha value is -3.17. The highest BCUT2D eigenvalue weighted by Crippen LogP contribution is 2.28. The summed E-state index contributed by atoms with van der Waals surface area (Å²) in [7, 11) is 0. The van der Waals surface area contributed by atoms with E-state index in [2.05, 4.69) is 16.4 Å². The number of aromatic nitrogens is 1. The molecular weight excluding hydrogens is 346 g/mol. The molecule has 1 aromatic carbocycles. The fourth-order valence-electron chi connectivity index (χ4n) is 2.20. The number of amides is 1. The number of anilines is 1. The van der Waals surface area contributed by atoms with Crippen LogP contribution in [0.15, 0.2) is 52.5 Å². The average Bonchev–Trinajstić information content (AvgIpc) is 3.32. The van der Waals surface area contributed by atoms with Crippen molar-refractivity contribution in [3.63, 3.8) is 0 Å². The van der Waals surface area contributed by atoms with Crippen LogP contribution in [0.25, 0.3) is 22.9 Å². The molecule has 130 valence electrons. The minimum absolute atomic E-state index is 0.0181. The Kier molecular flexibility index (Phi) is 5.30. The van der Waals surface area contributed by atoms with Gasteiger partial charge in [0.05, 0.1) is 17.5 Å². The molecule has 0 radical (unpaired) electrons. The summed E-state index contributed by atoms with van der Waals surface area (Å²) in [5.41, 5.74) is 2.91. The van der Waals surface area contributed by atoms with Gasteiger partial charge in [-0.3, -0.25) is 4.79 Å². The lowest BCUT2D eigenvalue weighted by atomic mass is 10.1. The summed E-state index contributed by atoms with van der Waals surface area (Å²) in [4.78, 5) is 16.3. The summed E-state index contributed by atoms with van der Waals surface area (Å²) >= 11 is 1.40. The predicted octanol–water partition coefficient (Wildman–Crippen LogP) is 5.06. The van der Waals surface area contributed by atoms with Crippen LogP contribution in [0, 0.1) is 17.2 Å². The van der Waals surface area contributed by atoms with Crippen LogP contribution < -0.4 is 5.32 Å². The normalized spacial score (nSPS) is 11.4. The Balaban J connectivity index is 1.79. The van der Waals surface area contributed by atoms with Crippen LogP contribution in [0.2, 0.25) is 0 Å². The topological polar surface area (TPSA) is 78.9 Å². The molecule has 3 aromatic rings. The first kappa shape index (κ1) is 17.6. The van der Waals surface area contributed by atoms with Gasteiger partial charge in [-0.05, 0) is 24.3 Å². The lowest BCUT2D eigenvalue weighted by Gasteiger charge is -2.07. The van der Waals surface area contributed by atoms with Gasteiger partial charge in [0.1, 0.15) is 16.8 Å². The third-order valence-electron chi connectivity index (χ3n) is 3.66. The summed E-state index contributed by atoms with van der Waals surface area (Å²) in [6.45, 7) is 3.70. The smallest absolute Gasteiger partial charge is 0.226 e. The standard InChI is InChI=1S/C20H17N3O2S/c1-13(2)19(24)22-16-7-5-14(6-8-16)18-12-26-20(23-18)15(11-21)10-17-4-3-9-25-17/h3-10,12-13H,1-2H3,(H,22,24)/b15-10+. The van der Waals surface area contributed by atoms with Crippen molar-refractivity contribution in [3.8, 4) is 17.3 Å². The summed E-state index contributed by atoms with van der Waals surface area (Å²) in [6.07, 6.45) is 3.24. The molecule has 0 fully saturated rings. The number of thiazole rings is 1. The first-order valence-corrected chi connectivity index (χ1v) is 8.97. The Morgan fingerprint density at radius 3 is 2.69 bits per heavy atom. The van der Waals surface area contributed by atoms with E-state index in [-0.39, 0.29) is 11.8 Å². The molecule has 2 aromatic heterocycles. The van der Waals surface area contributed by atoms with E-state index >= 15 is 0 Å². The van der Waals surface area contributed by atoms with Crippen molar-refractivity contribution in [1.29, 1.82) is 5.26 Å². The van der Waals surface area contributed by atoms with Crippen molar-refractivity contribution in [1.82, 2.24) is 4.98 Å². The largest absolute Gasteiger partial charge is 0.465 e. The van der Waals surface area contributed by atoms with Crippen molar-refractivity contribution in [2.45, 2.75) is 13.8 Å². The number of hydrogen-bond acceptors (Lipinski definition) is 5. The van der Waals surface area contributed by atoms with Crippen LogP contribution >= 0.6 is 11.3 Å². The fourth-order valence-corrected chi connectivity index (χ4v) is 2.99. The van der Waals surface area contributed by atoms with E-state index in [1.54, 1.807) is 24.5 Å². The zero-order chi connectivity index (χ0) is 18.5. The molecule has 3 rings (SSSR count). The maximum absolute atomic E-state index is 11.7. The molecule has 0 aliphatic heterocycles. The number of nitrogens with zero attached hydrogens (tertiary/aromatic N) is 2. The third-order valence-corrected chi connectivity index (χ3v) is 4.53. The third kappa shape index (κ3) is 4.08. The van der Waals surface area contributed by atoms with Gasteiger partial charge in [0, 0.05) is 28.6 Å². The molecule has 0 unspecified atom stereocenters. The van der Waals surface area contributed by atoms with E-state index in [4.69, 9.17) is 4.42 Å². The molecule has 1 N–H and O–H groups in total. The molecule has 0 aliphatic carbocycles. The molecular formula is C20H17N3O2S.